The van der Waals surface area contributed by atoms with Crippen molar-refractivity contribution in [1.29, 1.82) is 0 Å². The minimum Gasteiger partial charge on any atom is -0.497 e. The quantitative estimate of drug-likeness (QED) is 0.708. The second kappa shape index (κ2) is 8.36. The van der Waals surface area contributed by atoms with Gasteiger partial charge in [-0.2, -0.15) is 0 Å². The van der Waals surface area contributed by atoms with Crippen molar-refractivity contribution in [2.45, 2.75) is 6.92 Å². The molecule has 0 saturated heterocycles. The van der Waals surface area contributed by atoms with Crippen molar-refractivity contribution in [1.82, 2.24) is 5.32 Å². The van der Waals surface area contributed by atoms with Crippen molar-refractivity contribution < 1.29 is 19.0 Å². The van der Waals surface area contributed by atoms with E-state index in [-0.39, 0.29) is 12.5 Å². The largest absolute Gasteiger partial charge is 0.497 e. The van der Waals surface area contributed by atoms with E-state index >= 15 is 0 Å². The van der Waals surface area contributed by atoms with Crippen LogP contribution in [0.4, 0.5) is 0 Å². The van der Waals surface area contributed by atoms with Crippen molar-refractivity contribution in [2.75, 3.05) is 33.5 Å². The molecule has 1 rings (SSSR count). The first-order valence-electron chi connectivity index (χ1n) is 5.87. The molecule has 0 radical (unpaired) electrons. The van der Waals surface area contributed by atoms with Crippen LogP contribution in [0.3, 0.4) is 0 Å². The molecule has 0 bridgehead atoms. The summed E-state index contributed by atoms with van der Waals surface area (Å²) in [6.45, 7) is 3.33. The molecule has 0 saturated carbocycles. The highest BCUT2D eigenvalue weighted by atomic mass is 16.5. The van der Waals surface area contributed by atoms with Crippen LogP contribution >= 0.6 is 0 Å². The Kier molecular flexibility index (Phi) is 6.64. The van der Waals surface area contributed by atoms with Gasteiger partial charge in [-0.25, -0.2) is 0 Å². The molecule has 0 aliphatic carbocycles. The highest BCUT2D eigenvalue weighted by Gasteiger charge is 2.00. The smallest absolute Gasteiger partial charge is 0.246 e. The van der Waals surface area contributed by atoms with E-state index in [4.69, 9.17) is 14.2 Å². The van der Waals surface area contributed by atoms with E-state index in [0.717, 1.165) is 5.75 Å². The van der Waals surface area contributed by atoms with Gasteiger partial charge in [0.2, 0.25) is 5.91 Å². The van der Waals surface area contributed by atoms with Crippen LogP contribution in [0, 0.1) is 0 Å². The summed E-state index contributed by atoms with van der Waals surface area (Å²) in [7, 11) is 1.60. The molecule has 0 aromatic heterocycles. The summed E-state index contributed by atoms with van der Waals surface area (Å²) in [5.74, 6) is 1.33. The molecule has 18 heavy (non-hydrogen) atoms. The number of carbonyl (C=O) groups is 1. The maximum absolute atomic E-state index is 11.2. The van der Waals surface area contributed by atoms with E-state index in [1.165, 1.54) is 0 Å². The fraction of sp³-hybridized carbons (Fsp3) is 0.462. The predicted octanol–water partition coefficient (Wildman–Crippen LogP) is 1.23. The zero-order chi connectivity index (χ0) is 13.2. The lowest BCUT2D eigenvalue weighted by atomic mass is 10.3. The molecule has 1 aromatic carbocycles. The lowest BCUT2D eigenvalue weighted by Gasteiger charge is -2.08. The predicted molar refractivity (Wildman–Crippen MR) is 68.0 cm³/mol. The van der Waals surface area contributed by atoms with Crippen LogP contribution in [-0.2, 0) is 9.53 Å². The zero-order valence-electron chi connectivity index (χ0n) is 10.8. The second-order valence-electron chi connectivity index (χ2n) is 3.51. The van der Waals surface area contributed by atoms with Crippen LogP contribution in [-0.4, -0.2) is 39.4 Å². The topological polar surface area (TPSA) is 56.8 Å². The molecule has 0 unspecified atom stereocenters. The van der Waals surface area contributed by atoms with E-state index in [1.807, 2.05) is 25.1 Å². The van der Waals surface area contributed by atoms with E-state index < -0.39 is 0 Å². The number of hydrogen-bond donors (Lipinski definition) is 1. The fourth-order valence-corrected chi connectivity index (χ4v) is 1.30. The highest BCUT2D eigenvalue weighted by Crippen LogP contribution is 2.18. The molecule has 1 aromatic rings. The van der Waals surface area contributed by atoms with Gasteiger partial charge in [0.25, 0.3) is 0 Å². The Morgan fingerprint density at radius 3 is 2.83 bits per heavy atom. The molecular weight excluding hydrogens is 234 g/mol. The van der Waals surface area contributed by atoms with Gasteiger partial charge in [0.05, 0.1) is 13.7 Å². The highest BCUT2D eigenvalue weighted by molar-refractivity contribution is 5.77. The van der Waals surface area contributed by atoms with Gasteiger partial charge in [-0.3, -0.25) is 4.79 Å². The summed E-state index contributed by atoms with van der Waals surface area (Å²) in [6, 6.07) is 7.32. The van der Waals surface area contributed by atoms with Gasteiger partial charge < -0.3 is 19.5 Å². The third-order valence-corrected chi connectivity index (χ3v) is 2.17. The summed E-state index contributed by atoms with van der Waals surface area (Å²) in [5, 5.41) is 2.70. The van der Waals surface area contributed by atoms with E-state index in [1.54, 1.807) is 13.2 Å². The van der Waals surface area contributed by atoms with Gasteiger partial charge in [0.1, 0.15) is 24.7 Å². The number of benzene rings is 1. The normalized spacial score (nSPS) is 9.89. The van der Waals surface area contributed by atoms with Crippen LogP contribution in [0.2, 0.25) is 0 Å². The van der Waals surface area contributed by atoms with Crippen molar-refractivity contribution in [3.8, 4) is 11.5 Å². The Morgan fingerprint density at radius 2 is 2.11 bits per heavy atom. The number of methoxy groups -OCH3 is 1. The molecule has 0 spiro atoms. The first-order chi connectivity index (χ1) is 8.76. The standard InChI is InChI=1S/C13H19NO4/c1-3-17-10-13(15)14-7-8-18-12-6-4-5-11(9-12)16-2/h4-6,9H,3,7-8,10H2,1-2H3,(H,14,15). The maximum Gasteiger partial charge on any atom is 0.246 e. The summed E-state index contributed by atoms with van der Waals surface area (Å²) in [5.41, 5.74) is 0. The van der Waals surface area contributed by atoms with Crippen LogP contribution in [0.5, 0.6) is 11.5 Å². The van der Waals surface area contributed by atoms with Crippen molar-refractivity contribution in [3.63, 3.8) is 0 Å². The van der Waals surface area contributed by atoms with Gasteiger partial charge in [0.15, 0.2) is 0 Å². The van der Waals surface area contributed by atoms with Gasteiger partial charge >= 0.3 is 0 Å². The Morgan fingerprint density at radius 1 is 1.33 bits per heavy atom. The maximum atomic E-state index is 11.2. The number of rotatable bonds is 8. The summed E-state index contributed by atoms with van der Waals surface area (Å²) < 4.78 is 15.5. The Balaban J connectivity index is 2.19. The van der Waals surface area contributed by atoms with Crippen molar-refractivity contribution >= 4 is 5.91 Å². The fourth-order valence-electron chi connectivity index (χ4n) is 1.30. The molecule has 0 fully saturated rings. The Labute approximate surface area is 107 Å². The van der Waals surface area contributed by atoms with E-state index in [9.17, 15) is 4.79 Å². The third-order valence-electron chi connectivity index (χ3n) is 2.17. The lowest BCUT2D eigenvalue weighted by Crippen LogP contribution is -2.31. The minimum atomic E-state index is -0.133. The lowest BCUT2D eigenvalue weighted by molar-refractivity contribution is -0.125. The van der Waals surface area contributed by atoms with Crippen LogP contribution in [0.15, 0.2) is 24.3 Å². The SMILES string of the molecule is CCOCC(=O)NCCOc1cccc(OC)c1. The molecule has 0 atom stereocenters. The number of hydrogen-bond acceptors (Lipinski definition) is 4. The van der Waals surface area contributed by atoms with Crippen molar-refractivity contribution in [3.05, 3.63) is 24.3 Å². The van der Waals surface area contributed by atoms with Crippen molar-refractivity contribution in [2.24, 2.45) is 0 Å². The molecule has 1 N–H and O–H groups in total. The molecule has 5 heteroatoms. The van der Waals surface area contributed by atoms with Gasteiger partial charge in [-0.1, -0.05) is 6.07 Å². The summed E-state index contributed by atoms with van der Waals surface area (Å²) in [6.07, 6.45) is 0. The molecular formula is C13H19NO4. The van der Waals surface area contributed by atoms with Crippen LogP contribution in [0.1, 0.15) is 6.92 Å². The van der Waals surface area contributed by atoms with Crippen LogP contribution < -0.4 is 14.8 Å². The molecule has 0 heterocycles. The van der Waals surface area contributed by atoms with Gasteiger partial charge in [0, 0.05) is 12.7 Å². The number of amides is 1. The van der Waals surface area contributed by atoms with Gasteiger partial charge in [-0.05, 0) is 19.1 Å². The first kappa shape index (κ1) is 14.3. The molecule has 1 amide bonds. The Hall–Kier alpha value is -1.75. The van der Waals surface area contributed by atoms with E-state index in [0.29, 0.717) is 25.5 Å². The minimum absolute atomic E-state index is 0.0929. The zero-order valence-corrected chi connectivity index (χ0v) is 10.8. The monoisotopic (exact) mass is 253 g/mol. The third kappa shape index (κ3) is 5.54. The number of ether oxygens (including phenoxy) is 3. The summed E-state index contributed by atoms with van der Waals surface area (Å²) in [4.78, 5) is 11.2. The molecule has 5 nitrogen and oxygen atoms in total. The summed E-state index contributed by atoms with van der Waals surface area (Å²) >= 11 is 0. The average Bonchev–Trinajstić information content (AvgIpc) is 2.41. The molecule has 100 valence electrons. The molecule has 0 aliphatic heterocycles. The van der Waals surface area contributed by atoms with E-state index in [2.05, 4.69) is 5.32 Å². The number of nitrogens with one attached hydrogen (secondary N) is 1. The Bertz CT molecular complexity index is 368. The first-order valence-corrected chi connectivity index (χ1v) is 5.87. The second-order valence-corrected chi connectivity index (χ2v) is 3.51. The van der Waals surface area contributed by atoms with Gasteiger partial charge in [-0.15, -0.1) is 0 Å². The molecule has 0 aliphatic rings. The number of carbonyl (C=O) groups excluding carboxylic acids is 1. The van der Waals surface area contributed by atoms with Crippen LogP contribution in [0.25, 0.3) is 0 Å². The average molecular weight is 253 g/mol.